The number of hydrogen-bond donors (Lipinski definition) is 1. The fourth-order valence-corrected chi connectivity index (χ4v) is 1.55. The molecule has 0 aromatic heterocycles. The quantitative estimate of drug-likeness (QED) is 0.380. The summed E-state index contributed by atoms with van der Waals surface area (Å²) in [5.74, 6) is -0.413. The minimum absolute atomic E-state index is 0.304. The van der Waals surface area contributed by atoms with Crippen molar-refractivity contribution in [2.75, 3.05) is 13.2 Å². The van der Waals surface area contributed by atoms with Gasteiger partial charge < -0.3 is 10.2 Å². The number of esters is 1. The minimum atomic E-state index is -0.413. The molecule has 1 rings (SSSR count). The Kier molecular flexibility index (Phi) is 6.43. The van der Waals surface area contributed by atoms with Gasteiger partial charge in [-0.25, -0.2) is 4.79 Å². The van der Waals surface area contributed by atoms with E-state index in [1.165, 1.54) is 0 Å². The van der Waals surface area contributed by atoms with Crippen LogP contribution in [0.1, 0.15) is 25.8 Å². The summed E-state index contributed by atoms with van der Waals surface area (Å²) in [7, 11) is 0. The third-order valence-corrected chi connectivity index (χ3v) is 2.67. The Bertz CT molecular complexity index is 416. The van der Waals surface area contributed by atoms with Crippen LogP contribution in [0.5, 0.6) is 0 Å². The Hall–Kier alpha value is -1.36. The van der Waals surface area contributed by atoms with Crippen molar-refractivity contribution in [2.24, 2.45) is 5.10 Å². The van der Waals surface area contributed by atoms with Crippen molar-refractivity contribution < 1.29 is 9.53 Å². The molecule has 0 fully saturated rings. The van der Waals surface area contributed by atoms with Crippen molar-refractivity contribution in [1.29, 1.82) is 0 Å². The largest absolute Gasteiger partial charge is 0.461 e. The lowest BCUT2D eigenvalue weighted by molar-refractivity contribution is -0.134. The van der Waals surface area contributed by atoms with E-state index in [4.69, 9.17) is 4.74 Å². The molecule has 4 nitrogen and oxygen atoms in total. The Morgan fingerprint density at radius 1 is 1.33 bits per heavy atom. The molecule has 5 heteroatoms. The van der Waals surface area contributed by atoms with Crippen molar-refractivity contribution in [1.82, 2.24) is 5.43 Å². The van der Waals surface area contributed by atoms with E-state index in [1.807, 2.05) is 31.2 Å². The Labute approximate surface area is 116 Å². The summed E-state index contributed by atoms with van der Waals surface area (Å²) in [6.07, 6.45) is 0.944. The van der Waals surface area contributed by atoms with Gasteiger partial charge in [-0.15, -0.1) is 0 Å². The third-order valence-electron chi connectivity index (χ3n) is 2.14. The zero-order valence-electron chi connectivity index (χ0n) is 10.6. The second kappa shape index (κ2) is 7.87. The van der Waals surface area contributed by atoms with Crippen LogP contribution in [0, 0.1) is 0 Å². The van der Waals surface area contributed by atoms with E-state index < -0.39 is 5.97 Å². The first-order valence-corrected chi connectivity index (χ1v) is 6.72. The van der Waals surface area contributed by atoms with Gasteiger partial charge in [-0.1, -0.05) is 35.0 Å². The lowest BCUT2D eigenvalue weighted by Crippen LogP contribution is -2.22. The fourth-order valence-electron chi connectivity index (χ4n) is 1.28. The molecule has 0 atom stereocenters. The lowest BCUT2D eigenvalue weighted by atomic mass is 10.1. The predicted molar refractivity (Wildman–Crippen MR) is 75.6 cm³/mol. The second-order valence-corrected chi connectivity index (χ2v) is 4.51. The van der Waals surface area contributed by atoms with E-state index in [0.29, 0.717) is 12.3 Å². The molecule has 0 amide bonds. The number of benzene rings is 1. The van der Waals surface area contributed by atoms with Gasteiger partial charge in [0.2, 0.25) is 0 Å². The van der Waals surface area contributed by atoms with Gasteiger partial charge in [-0.2, -0.15) is 5.10 Å². The van der Waals surface area contributed by atoms with E-state index >= 15 is 0 Å². The van der Waals surface area contributed by atoms with Crippen LogP contribution in [-0.4, -0.2) is 24.8 Å². The highest BCUT2D eigenvalue weighted by atomic mass is 79.9. The molecule has 0 aliphatic heterocycles. The standard InChI is InChI=1S/C13H17BrN2O2/c1-3-9-15-16-12(13(17)18-4-2)10-5-7-11(14)8-6-10/h5-8,15H,3-4,9H2,1-2H3/b16-12-. The number of rotatable bonds is 6. The smallest absolute Gasteiger partial charge is 0.359 e. The average Bonchev–Trinajstić information content (AvgIpc) is 2.36. The van der Waals surface area contributed by atoms with Crippen LogP contribution in [0.3, 0.4) is 0 Å². The van der Waals surface area contributed by atoms with Crippen LogP contribution in [0.25, 0.3) is 0 Å². The second-order valence-electron chi connectivity index (χ2n) is 3.60. The molecule has 0 aliphatic carbocycles. The molecule has 0 unspecified atom stereocenters. The number of nitrogens with one attached hydrogen (secondary N) is 1. The maximum atomic E-state index is 11.8. The first kappa shape index (κ1) is 14.7. The predicted octanol–water partition coefficient (Wildman–Crippen LogP) is 2.72. The summed E-state index contributed by atoms with van der Waals surface area (Å²) in [5.41, 5.74) is 3.90. The number of nitrogens with zero attached hydrogens (tertiary/aromatic N) is 1. The topological polar surface area (TPSA) is 50.7 Å². The van der Waals surface area contributed by atoms with Gasteiger partial charge in [0, 0.05) is 16.6 Å². The monoisotopic (exact) mass is 312 g/mol. The zero-order chi connectivity index (χ0) is 13.4. The number of hydrazone groups is 1. The molecule has 98 valence electrons. The summed E-state index contributed by atoms with van der Waals surface area (Å²) >= 11 is 3.35. The van der Waals surface area contributed by atoms with Crippen LogP contribution in [0.15, 0.2) is 33.8 Å². The first-order chi connectivity index (χ1) is 8.69. The van der Waals surface area contributed by atoms with Gasteiger partial charge in [0.1, 0.15) is 0 Å². The zero-order valence-corrected chi connectivity index (χ0v) is 12.2. The highest BCUT2D eigenvalue weighted by Crippen LogP contribution is 2.11. The van der Waals surface area contributed by atoms with Crippen LogP contribution in [-0.2, 0) is 9.53 Å². The summed E-state index contributed by atoms with van der Waals surface area (Å²) in [6, 6.07) is 7.38. The molecule has 0 aliphatic rings. The normalized spacial score (nSPS) is 11.2. The molecule has 0 heterocycles. The Morgan fingerprint density at radius 3 is 2.56 bits per heavy atom. The molecule has 1 aromatic rings. The van der Waals surface area contributed by atoms with Crippen LogP contribution >= 0.6 is 15.9 Å². The lowest BCUT2D eigenvalue weighted by Gasteiger charge is -2.07. The molecule has 1 aromatic carbocycles. The van der Waals surface area contributed by atoms with Crippen molar-refractivity contribution in [3.63, 3.8) is 0 Å². The van der Waals surface area contributed by atoms with Gasteiger partial charge >= 0.3 is 5.97 Å². The molecule has 1 N–H and O–H groups in total. The van der Waals surface area contributed by atoms with E-state index in [9.17, 15) is 4.79 Å². The van der Waals surface area contributed by atoms with Gasteiger partial charge in [-0.3, -0.25) is 0 Å². The molecule has 0 saturated heterocycles. The maximum absolute atomic E-state index is 11.8. The third kappa shape index (κ3) is 4.49. The highest BCUT2D eigenvalue weighted by Gasteiger charge is 2.15. The van der Waals surface area contributed by atoms with Gasteiger partial charge in [0.25, 0.3) is 0 Å². The summed E-state index contributed by atoms with van der Waals surface area (Å²) in [6.45, 7) is 4.87. The molecule has 18 heavy (non-hydrogen) atoms. The van der Waals surface area contributed by atoms with Crippen molar-refractivity contribution in [3.8, 4) is 0 Å². The average molecular weight is 313 g/mol. The van der Waals surface area contributed by atoms with Crippen molar-refractivity contribution >= 4 is 27.6 Å². The SMILES string of the molecule is CCCN/N=C(\C(=O)OCC)c1ccc(Br)cc1. The number of hydrogen-bond acceptors (Lipinski definition) is 4. The number of carbonyl (C=O) groups excluding carboxylic acids is 1. The first-order valence-electron chi connectivity index (χ1n) is 5.92. The highest BCUT2D eigenvalue weighted by molar-refractivity contribution is 9.10. The molecular weight excluding hydrogens is 296 g/mol. The molecule has 0 bridgehead atoms. The number of halogens is 1. The molecule has 0 radical (unpaired) electrons. The van der Waals surface area contributed by atoms with E-state index in [-0.39, 0.29) is 0 Å². The van der Waals surface area contributed by atoms with Crippen LogP contribution in [0.4, 0.5) is 0 Å². The van der Waals surface area contributed by atoms with Gasteiger partial charge in [0.15, 0.2) is 5.71 Å². The summed E-state index contributed by atoms with van der Waals surface area (Å²) < 4.78 is 5.95. The maximum Gasteiger partial charge on any atom is 0.359 e. The molecular formula is C13H17BrN2O2. The van der Waals surface area contributed by atoms with E-state index in [2.05, 4.69) is 26.5 Å². The summed E-state index contributed by atoms with van der Waals surface area (Å²) in [5, 5.41) is 4.11. The number of ether oxygens (including phenoxy) is 1. The fraction of sp³-hybridized carbons (Fsp3) is 0.385. The van der Waals surface area contributed by atoms with E-state index in [1.54, 1.807) is 6.92 Å². The summed E-state index contributed by atoms with van der Waals surface area (Å²) in [4.78, 5) is 11.8. The molecule has 0 saturated carbocycles. The minimum Gasteiger partial charge on any atom is -0.461 e. The van der Waals surface area contributed by atoms with Crippen molar-refractivity contribution in [3.05, 3.63) is 34.3 Å². The van der Waals surface area contributed by atoms with E-state index in [0.717, 1.165) is 23.0 Å². The number of carbonyl (C=O) groups is 1. The van der Waals surface area contributed by atoms with Crippen molar-refractivity contribution in [2.45, 2.75) is 20.3 Å². The van der Waals surface area contributed by atoms with Gasteiger partial charge in [-0.05, 0) is 25.5 Å². The Balaban J connectivity index is 2.92. The van der Waals surface area contributed by atoms with Crippen LogP contribution in [0.2, 0.25) is 0 Å². The Morgan fingerprint density at radius 2 is 2.00 bits per heavy atom. The molecule has 0 spiro atoms. The van der Waals surface area contributed by atoms with Crippen LogP contribution < -0.4 is 5.43 Å². The van der Waals surface area contributed by atoms with Gasteiger partial charge in [0.05, 0.1) is 6.61 Å².